The zero-order valence-corrected chi connectivity index (χ0v) is 11.6. The van der Waals surface area contributed by atoms with Gasteiger partial charge < -0.3 is 10.1 Å². The smallest absolute Gasteiger partial charge is 0.218 e. The Morgan fingerprint density at radius 2 is 2.00 bits per heavy atom. The normalized spacial score (nSPS) is 10.5. The molecule has 100 valence electrons. The van der Waals surface area contributed by atoms with Gasteiger partial charge in [0, 0.05) is 12.6 Å². The summed E-state index contributed by atoms with van der Waals surface area (Å²) in [5, 5.41) is 3.28. The van der Waals surface area contributed by atoms with Gasteiger partial charge in [0.2, 0.25) is 5.88 Å². The molecular formula is C15H19N3O. The zero-order valence-electron chi connectivity index (χ0n) is 11.6. The summed E-state index contributed by atoms with van der Waals surface area (Å²) in [5.74, 6) is 1.37. The maximum atomic E-state index is 5.54. The van der Waals surface area contributed by atoms with E-state index < -0.39 is 0 Å². The lowest BCUT2D eigenvalue weighted by molar-refractivity contribution is 0.232. The molecule has 1 aromatic carbocycles. The van der Waals surface area contributed by atoms with Crippen molar-refractivity contribution in [2.24, 2.45) is 0 Å². The third-order valence-electron chi connectivity index (χ3n) is 2.72. The molecule has 0 aliphatic rings. The fourth-order valence-corrected chi connectivity index (χ4v) is 1.74. The number of hydrogen-bond acceptors (Lipinski definition) is 4. The van der Waals surface area contributed by atoms with Crippen LogP contribution in [0, 0.1) is 6.92 Å². The summed E-state index contributed by atoms with van der Waals surface area (Å²) in [6.07, 6.45) is 1.62. The number of benzene rings is 1. The molecule has 0 saturated carbocycles. The van der Waals surface area contributed by atoms with Gasteiger partial charge >= 0.3 is 0 Å². The van der Waals surface area contributed by atoms with Crippen molar-refractivity contribution in [1.29, 1.82) is 0 Å². The Labute approximate surface area is 113 Å². The van der Waals surface area contributed by atoms with Crippen LogP contribution in [0.15, 0.2) is 36.7 Å². The Morgan fingerprint density at radius 3 is 2.74 bits per heavy atom. The lowest BCUT2D eigenvalue weighted by Crippen LogP contribution is -2.08. The standard InChI is InChI=1S/C15H19N3O/c1-11(2)19-15-8-14(17-10-18-15)16-9-13-7-5-4-6-12(13)3/h4-8,10-11H,9H2,1-3H3,(H,16,17,18). The third kappa shape index (κ3) is 3.95. The highest BCUT2D eigenvalue weighted by Gasteiger charge is 2.02. The van der Waals surface area contributed by atoms with Crippen LogP contribution in [0.4, 0.5) is 5.82 Å². The second-order valence-electron chi connectivity index (χ2n) is 4.69. The van der Waals surface area contributed by atoms with Crippen LogP contribution in [0.1, 0.15) is 25.0 Å². The highest BCUT2D eigenvalue weighted by atomic mass is 16.5. The van der Waals surface area contributed by atoms with E-state index >= 15 is 0 Å². The van der Waals surface area contributed by atoms with E-state index in [2.05, 4.69) is 34.3 Å². The van der Waals surface area contributed by atoms with E-state index in [1.54, 1.807) is 0 Å². The maximum absolute atomic E-state index is 5.54. The van der Waals surface area contributed by atoms with Gasteiger partial charge in [0.15, 0.2) is 0 Å². The lowest BCUT2D eigenvalue weighted by Gasteiger charge is -2.11. The Morgan fingerprint density at radius 1 is 1.21 bits per heavy atom. The summed E-state index contributed by atoms with van der Waals surface area (Å²) >= 11 is 0. The molecule has 1 N–H and O–H groups in total. The van der Waals surface area contributed by atoms with Crippen molar-refractivity contribution in [3.63, 3.8) is 0 Å². The van der Waals surface area contributed by atoms with Crippen LogP contribution in [-0.4, -0.2) is 16.1 Å². The van der Waals surface area contributed by atoms with Gasteiger partial charge in [0.25, 0.3) is 0 Å². The monoisotopic (exact) mass is 257 g/mol. The number of rotatable bonds is 5. The van der Waals surface area contributed by atoms with Crippen molar-refractivity contribution >= 4 is 5.82 Å². The van der Waals surface area contributed by atoms with Gasteiger partial charge in [-0.2, -0.15) is 0 Å². The van der Waals surface area contributed by atoms with Gasteiger partial charge in [-0.3, -0.25) is 0 Å². The number of ether oxygens (including phenoxy) is 1. The van der Waals surface area contributed by atoms with Crippen LogP contribution >= 0.6 is 0 Å². The summed E-state index contributed by atoms with van der Waals surface area (Å²) < 4.78 is 5.54. The molecule has 0 unspecified atom stereocenters. The fraction of sp³-hybridized carbons (Fsp3) is 0.333. The molecular weight excluding hydrogens is 238 g/mol. The molecule has 4 heteroatoms. The van der Waals surface area contributed by atoms with Gasteiger partial charge in [-0.15, -0.1) is 0 Å². The molecule has 0 spiro atoms. The SMILES string of the molecule is Cc1ccccc1CNc1cc(OC(C)C)ncn1. The average Bonchev–Trinajstić information content (AvgIpc) is 2.37. The van der Waals surface area contributed by atoms with Crippen molar-refractivity contribution < 1.29 is 4.74 Å². The summed E-state index contributed by atoms with van der Waals surface area (Å²) in [6, 6.07) is 10.1. The largest absolute Gasteiger partial charge is 0.475 e. The molecule has 1 aromatic heterocycles. The third-order valence-corrected chi connectivity index (χ3v) is 2.72. The highest BCUT2D eigenvalue weighted by molar-refractivity contribution is 5.39. The number of aryl methyl sites for hydroxylation is 1. The molecule has 1 heterocycles. The Kier molecular flexibility index (Phi) is 4.34. The fourth-order valence-electron chi connectivity index (χ4n) is 1.74. The van der Waals surface area contributed by atoms with E-state index in [9.17, 15) is 0 Å². The summed E-state index contributed by atoms with van der Waals surface area (Å²) in [4.78, 5) is 8.27. The minimum Gasteiger partial charge on any atom is -0.475 e. The molecule has 2 aromatic rings. The number of nitrogens with one attached hydrogen (secondary N) is 1. The van der Waals surface area contributed by atoms with E-state index in [0.29, 0.717) is 5.88 Å². The molecule has 0 radical (unpaired) electrons. The van der Waals surface area contributed by atoms with Crippen LogP contribution in [0.3, 0.4) is 0 Å². The van der Waals surface area contributed by atoms with Crippen molar-refractivity contribution in [3.8, 4) is 5.88 Å². The molecule has 19 heavy (non-hydrogen) atoms. The first-order chi connectivity index (χ1) is 9.15. The van der Waals surface area contributed by atoms with Crippen molar-refractivity contribution in [2.75, 3.05) is 5.32 Å². The maximum Gasteiger partial charge on any atom is 0.218 e. The average molecular weight is 257 g/mol. The van der Waals surface area contributed by atoms with E-state index in [1.807, 2.05) is 32.0 Å². The Balaban J connectivity index is 2.02. The number of hydrogen-bond donors (Lipinski definition) is 1. The first kappa shape index (κ1) is 13.3. The topological polar surface area (TPSA) is 47.0 Å². The zero-order chi connectivity index (χ0) is 13.7. The molecule has 0 amide bonds. The highest BCUT2D eigenvalue weighted by Crippen LogP contribution is 2.14. The Hall–Kier alpha value is -2.10. The second-order valence-corrected chi connectivity index (χ2v) is 4.69. The predicted molar refractivity (Wildman–Crippen MR) is 76.3 cm³/mol. The van der Waals surface area contributed by atoms with Gasteiger partial charge in [-0.05, 0) is 31.9 Å². The molecule has 4 nitrogen and oxygen atoms in total. The van der Waals surface area contributed by atoms with Crippen molar-refractivity contribution in [2.45, 2.75) is 33.4 Å². The number of anilines is 1. The van der Waals surface area contributed by atoms with Crippen molar-refractivity contribution in [3.05, 3.63) is 47.8 Å². The first-order valence-electron chi connectivity index (χ1n) is 6.42. The van der Waals surface area contributed by atoms with E-state index in [1.165, 1.54) is 17.5 Å². The van der Waals surface area contributed by atoms with E-state index in [4.69, 9.17) is 4.74 Å². The molecule has 0 aliphatic heterocycles. The minimum absolute atomic E-state index is 0.110. The van der Waals surface area contributed by atoms with Crippen LogP contribution in [0.5, 0.6) is 5.88 Å². The molecule has 0 atom stereocenters. The molecule has 0 bridgehead atoms. The molecule has 0 aliphatic carbocycles. The predicted octanol–water partition coefficient (Wildman–Crippen LogP) is 3.18. The van der Waals surface area contributed by atoms with Crippen LogP contribution in [-0.2, 0) is 6.54 Å². The van der Waals surface area contributed by atoms with Crippen LogP contribution in [0.2, 0.25) is 0 Å². The van der Waals surface area contributed by atoms with Crippen LogP contribution < -0.4 is 10.1 Å². The quantitative estimate of drug-likeness (QED) is 0.893. The van der Waals surface area contributed by atoms with E-state index in [-0.39, 0.29) is 6.10 Å². The van der Waals surface area contributed by atoms with E-state index in [0.717, 1.165) is 12.4 Å². The van der Waals surface area contributed by atoms with Crippen molar-refractivity contribution in [1.82, 2.24) is 9.97 Å². The summed E-state index contributed by atoms with van der Waals surface area (Å²) in [5.41, 5.74) is 2.52. The molecule has 2 rings (SSSR count). The second kappa shape index (κ2) is 6.18. The van der Waals surface area contributed by atoms with Crippen LogP contribution in [0.25, 0.3) is 0 Å². The minimum atomic E-state index is 0.110. The summed E-state index contributed by atoms with van der Waals surface area (Å²) in [6.45, 7) is 6.79. The number of aromatic nitrogens is 2. The molecule has 0 fully saturated rings. The Bertz CT molecular complexity index is 540. The first-order valence-corrected chi connectivity index (χ1v) is 6.42. The van der Waals surface area contributed by atoms with Gasteiger partial charge in [0.1, 0.15) is 12.1 Å². The van der Waals surface area contributed by atoms with Gasteiger partial charge in [-0.25, -0.2) is 9.97 Å². The number of nitrogens with zero attached hydrogens (tertiary/aromatic N) is 2. The lowest BCUT2D eigenvalue weighted by atomic mass is 10.1. The van der Waals surface area contributed by atoms with Gasteiger partial charge in [0.05, 0.1) is 6.10 Å². The van der Waals surface area contributed by atoms with Gasteiger partial charge in [-0.1, -0.05) is 24.3 Å². The molecule has 0 saturated heterocycles. The summed E-state index contributed by atoms with van der Waals surface area (Å²) in [7, 11) is 0.